The van der Waals surface area contributed by atoms with Crippen molar-refractivity contribution in [3.63, 3.8) is 0 Å². The molecule has 0 aliphatic heterocycles. The van der Waals surface area contributed by atoms with E-state index in [1.54, 1.807) is 0 Å². The number of allylic oxidation sites excluding steroid dienone is 4. The van der Waals surface area contributed by atoms with Crippen LogP contribution in [0.1, 0.15) is 29.0 Å². The smallest absolute Gasteiger partial charge is 0.0722 e. The van der Waals surface area contributed by atoms with Crippen molar-refractivity contribution in [3.8, 4) is 28.1 Å². The molecule has 1 aliphatic carbocycles. The van der Waals surface area contributed by atoms with Gasteiger partial charge in [-0.3, -0.25) is 0 Å². The second-order valence-corrected chi connectivity index (χ2v) is 15.1. The first-order valence-corrected chi connectivity index (χ1v) is 19.8. The van der Waals surface area contributed by atoms with E-state index in [2.05, 4.69) is 217 Å². The molecular weight excluding hydrogens is 689 g/mol. The molecule has 2 nitrogen and oxygen atoms in total. The van der Waals surface area contributed by atoms with Crippen LogP contribution in [-0.4, -0.2) is 9.55 Å². The minimum Gasteiger partial charge on any atom is -0.309 e. The lowest BCUT2D eigenvalue weighted by Crippen LogP contribution is -2.04. The van der Waals surface area contributed by atoms with Crippen molar-refractivity contribution in [1.29, 1.82) is 0 Å². The van der Waals surface area contributed by atoms with Crippen LogP contribution in [0.2, 0.25) is 0 Å². The minimum atomic E-state index is 0.240. The van der Waals surface area contributed by atoms with Gasteiger partial charge in [-0.25, -0.2) is 4.98 Å². The highest BCUT2D eigenvalue weighted by molar-refractivity contribution is 6.16. The number of hydrogen-bond acceptors (Lipinski definition) is 1. The number of rotatable bonds is 6. The molecule has 1 unspecified atom stereocenters. The van der Waals surface area contributed by atoms with E-state index in [1.165, 1.54) is 82.6 Å². The summed E-state index contributed by atoms with van der Waals surface area (Å²) in [5, 5.41) is 6.18. The van der Waals surface area contributed by atoms with Crippen LogP contribution in [0.5, 0.6) is 0 Å². The van der Waals surface area contributed by atoms with Crippen LogP contribution in [0, 0.1) is 0 Å². The Balaban J connectivity index is 1.06. The molecule has 0 fully saturated rings. The van der Waals surface area contributed by atoms with Gasteiger partial charge in [-0.15, -0.1) is 0 Å². The van der Waals surface area contributed by atoms with Gasteiger partial charge in [-0.05, 0) is 92.6 Å². The Morgan fingerprint density at radius 2 is 1.07 bits per heavy atom. The lowest BCUT2D eigenvalue weighted by atomic mass is 9.80. The van der Waals surface area contributed by atoms with E-state index in [-0.39, 0.29) is 5.92 Å². The van der Waals surface area contributed by atoms with Crippen LogP contribution in [0.15, 0.2) is 212 Å². The average Bonchev–Trinajstić information content (AvgIpc) is 3.63. The van der Waals surface area contributed by atoms with Gasteiger partial charge in [0.15, 0.2) is 0 Å². The van der Waals surface area contributed by atoms with Gasteiger partial charge < -0.3 is 4.57 Å². The van der Waals surface area contributed by atoms with E-state index >= 15 is 0 Å². The predicted molar refractivity (Wildman–Crippen MR) is 241 cm³/mol. The summed E-state index contributed by atoms with van der Waals surface area (Å²) >= 11 is 0. The molecule has 11 rings (SSSR count). The van der Waals surface area contributed by atoms with Crippen molar-refractivity contribution in [3.05, 3.63) is 229 Å². The Kier molecular flexibility index (Phi) is 8.00. The molecule has 0 amide bonds. The Labute approximate surface area is 332 Å². The summed E-state index contributed by atoms with van der Waals surface area (Å²) in [6.45, 7) is 0. The molecule has 2 heteroatoms. The van der Waals surface area contributed by atoms with Crippen LogP contribution < -0.4 is 0 Å². The first-order valence-electron chi connectivity index (χ1n) is 19.8. The van der Waals surface area contributed by atoms with Crippen molar-refractivity contribution in [2.45, 2.75) is 12.3 Å². The molecule has 0 radical (unpaired) electrons. The molecule has 8 aromatic carbocycles. The predicted octanol–water partition coefficient (Wildman–Crippen LogP) is 14.5. The van der Waals surface area contributed by atoms with Gasteiger partial charge in [-0.2, -0.15) is 0 Å². The number of fused-ring (bicyclic) bond motifs is 6. The largest absolute Gasteiger partial charge is 0.309 e. The topological polar surface area (TPSA) is 17.8 Å². The number of para-hydroxylation sites is 2. The molecule has 0 bridgehead atoms. The summed E-state index contributed by atoms with van der Waals surface area (Å²) in [7, 11) is 0. The zero-order valence-corrected chi connectivity index (χ0v) is 31.4. The van der Waals surface area contributed by atoms with Gasteiger partial charge in [0.2, 0.25) is 0 Å². The fraction of sp³-hybridized carbons (Fsp3) is 0.0364. The van der Waals surface area contributed by atoms with E-state index < -0.39 is 0 Å². The maximum atomic E-state index is 5.26. The summed E-state index contributed by atoms with van der Waals surface area (Å²) in [4.78, 5) is 5.26. The van der Waals surface area contributed by atoms with E-state index in [0.29, 0.717) is 0 Å². The molecule has 1 aliphatic rings. The van der Waals surface area contributed by atoms with E-state index in [1.807, 2.05) is 0 Å². The van der Waals surface area contributed by atoms with Gasteiger partial charge in [-0.1, -0.05) is 176 Å². The Hall–Kier alpha value is -7.29. The highest BCUT2D eigenvalue weighted by atomic mass is 15.0. The van der Waals surface area contributed by atoms with Crippen molar-refractivity contribution in [2.75, 3.05) is 0 Å². The van der Waals surface area contributed by atoms with Gasteiger partial charge in [0.05, 0.1) is 22.2 Å². The van der Waals surface area contributed by atoms with E-state index in [4.69, 9.17) is 4.98 Å². The van der Waals surface area contributed by atoms with Crippen molar-refractivity contribution in [1.82, 2.24) is 9.55 Å². The van der Waals surface area contributed by atoms with Gasteiger partial charge in [0.25, 0.3) is 0 Å². The Morgan fingerprint density at radius 3 is 1.77 bits per heavy atom. The number of nitrogens with zero attached hydrogens (tertiary/aromatic N) is 2. The lowest BCUT2D eigenvalue weighted by molar-refractivity contribution is 0.871. The van der Waals surface area contributed by atoms with Gasteiger partial charge in [0, 0.05) is 33.3 Å². The first-order chi connectivity index (χ1) is 28.3. The summed E-state index contributed by atoms with van der Waals surface area (Å²) in [5.74, 6) is 0.240. The second-order valence-electron chi connectivity index (χ2n) is 15.1. The van der Waals surface area contributed by atoms with Crippen LogP contribution in [0.3, 0.4) is 0 Å². The van der Waals surface area contributed by atoms with Crippen LogP contribution in [0.4, 0.5) is 0 Å². The van der Waals surface area contributed by atoms with Crippen molar-refractivity contribution < 1.29 is 0 Å². The van der Waals surface area contributed by atoms with Crippen LogP contribution in [-0.2, 0) is 0 Å². The standard InChI is InChI=1S/C55H38N2/c1-4-15-37(16-5-1)41-33-42(38-27-29-44(30-28-38)57-53-25-12-10-21-47(53)48-22-11-13-26-54(48)57)35-43(34-41)45-23-14-24-49-46(45)31-32-51-55(49)50(39-17-6-2-7-18-39)36-52(56-51)40-19-8-3-9-20-40/h1-32,34-36,41H,33H2. The summed E-state index contributed by atoms with van der Waals surface area (Å²) in [5.41, 5.74) is 15.5. The number of pyridine rings is 1. The van der Waals surface area contributed by atoms with Gasteiger partial charge >= 0.3 is 0 Å². The summed E-state index contributed by atoms with van der Waals surface area (Å²) < 4.78 is 2.39. The average molecular weight is 727 g/mol. The molecule has 10 aromatic rings. The molecule has 0 saturated carbocycles. The third kappa shape index (κ3) is 5.77. The minimum absolute atomic E-state index is 0.240. The quantitative estimate of drug-likeness (QED) is 0.156. The van der Waals surface area contributed by atoms with Crippen molar-refractivity contribution in [2.24, 2.45) is 0 Å². The molecule has 0 spiro atoms. The monoisotopic (exact) mass is 726 g/mol. The number of aromatic nitrogens is 2. The van der Waals surface area contributed by atoms with E-state index in [9.17, 15) is 0 Å². The highest BCUT2D eigenvalue weighted by Gasteiger charge is 2.22. The molecule has 0 N–H and O–H groups in total. The zero-order valence-electron chi connectivity index (χ0n) is 31.4. The number of hydrogen-bond donors (Lipinski definition) is 0. The zero-order chi connectivity index (χ0) is 37.7. The fourth-order valence-electron chi connectivity index (χ4n) is 9.06. The fourth-order valence-corrected chi connectivity index (χ4v) is 9.06. The SMILES string of the molecule is C1=C(c2ccc(-n3c4ccccc4c4ccccc43)cc2)CC(c2ccccc2)C=C1c1cccc2c1ccc1nc(-c3ccccc3)cc(-c3ccccc3)c12. The Bertz CT molecular complexity index is 3120. The maximum absolute atomic E-state index is 5.26. The molecule has 268 valence electrons. The molecule has 2 aromatic heterocycles. The lowest BCUT2D eigenvalue weighted by Gasteiger charge is -2.24. The maximum Gasteiger partial charge on any atom is 0.0722 e. The first kappa shape index (κ1) is 33.1. The van der Waals surface area contributed by atoms with Crippen LogP contribution in [0.25, 0.3) is 82.7 Å². The molecular formula is C55H38N2. The normalized spacial score (nSPS) is 14.3. The summed E-state index contributed by atoms with van der Waals surface area (Å²) in [6.07, 6.45) is 5.85. The molecule has 1 atom stereocenters. The third-order valence-corrected chi connectivity index (χ3v) is 11.8. The number of benzene rings is 8. The van der Waals surface area contributed by atoms with Gasteiger partial charge in [0.1, 0.15) is 0 Å². The van der Waals surface area contributed by atoms with E-state index in [0.717, 1.165) is 23.2 Å². The highest BCUT2D eigenvalue weighted by Crippen LogP contribution is 2.43. The summed E-state index contributed by atoms with van der Waals surface area (Å²) in [6, 6.07) is 72.4. The van der Waals surface area contributed by atoms with Crippen LogP contribution >= 0.6 is 0 Å². The molecule has 0 saturated heterocycles. The second kappa shape index (κ2) is 13.8. The molecule has 57 heavy (non-hydrogen) atoms. The third-order valence-electron chi connectivity index (χ3n) is 11.8. The molecule has 2 heterocycles. The van der Waals surface area contributed by atoms with Crippen molar-refractivity contribution >= 4 is 54.6 Å². The Morgan fingerprint density at radius 1 is 0.456 bits per heavy atom.